The maximum atomic E-state index is 12.6. The fourth-order valence-corrected chi connectivity index (χ4v) is 3.01. The number of hydrogen-bond donors (Lipinski definition) is 3. The molecule has 3 rings (SSSR count). The minimum absolute atomic E-state index is 0.00794. The molecule has 3 aromatic rings. The van der Waals surface area contributed by atoms with Gasteiger partial charge in [0.25, 0.3) is 5.69 Å². The van der Waals surface area contributed by atoms with E-state index in [1.54, 1.807) is 47.3 Å². The van der Waals surface area contributed by atoms with Gasteiger partial charge in [-0.1, -0.05) is 39.0 Å². The van der Waals surface area contributed by atoms with E-state index in [2.05, 4.69) is 10.5 Å². The van der Waals surface area contributed by atoms with Crippen LogP contribution in [0.25, 0.3) is 0 Å². The molecule has 0 aliphatic carbocycles. The highest BCUT2D eigenvalue weighted by Crippen LogP contribution is 2.35. The topological polar surface area (TPSA) is 96.6 Å². The predicted molar refractivity (Wildman–Crippen MR) is 112 cm³/mol. The summed E-state index contributed by atoms with van der Waals surface area (Å²) in [6, 6.07) is 13.8. The van der Waals surface area contributed by atoms with E-state index in [1.807, 2.05) is 39.1 Å². The van der Waals surface area contributed by atoms with Crippen LogP contribution in [0.1, 0.15) is 42.3 Å². The molecule has 158 valence electrons. The van der Waals surface area contributed by atoms with Crippen molar-refractivity contribution in [1.82, 2.24) is 20.1 Å². The number of carbonyl (C=O) groups excluding carboxylic acids is 1. The Balaban J connectivity index is 1.80. The van der Waals surface area contributed by atoms with Gasteiger partial charge in [-0.2, -0.15) is 5.10 Å². The SMILES string of the molecule is COc1ccc(C(C)(C)C)cc1[N+](O)(O)NC(=O)c1ccc(Cn2cccn2)cc1. The first-order chi connectivity index (χ1) is 14.1. The van der Waals surface area contributed by atoms with Gasteiger partial charge in [0.05, 0.1) is 18.6 Å². The number of amides is 1. The van der Waals surface area contributed by atoms with Gasteiger partial charge in [-0.3, -0.25) is 9.48 Å². The highest BCUT2D eigenvalue weighted by molar-refractivity contribution is 5.94. The molecule has 30 heavy (non-hydrogen) atoms. The molecule has 0 radical (unpaired) electrons. The number of carbonyl (C=O) groups is 1. The summed E-state index contributed by atoms with van der Waals surface area (Å²) in [5.41, 5.74) is 4.11. The van der Waals surface area contributed by atoms with Crippen LogP contribution in [0.2, 0.25) is 0 Å². The van der Waals surface area contributed by atoms with Crippen LogP contribution in [0.15, 0.2) is 60.9 Å². The van der Waals surface area contributed by atoms with Gasteiger partial charge in [-0.05, 0) is 40.8 Å². The van der Waals surface area contributed by atoms with E-state index >= 15 is 0 Å². The lowest BCUT2D eigenvalue weighted by molar-refractivity contribution is -0.315. The van der Waals surface area contributed by atoms with Gasteiger partial charge in [-0.25, -0.2) is 0 Å². The molecule has 0 saturated carbocycles. The third-order valence-electron chi connectivity index (χ3n) is 4.76. The first-order valence-corrected chi connectivity index (χ1v) is 9.53. The van der Waals surface area contributed by atoms with Crippen molar-refractivity contribution >= 4 is 11.6 Å². The molecule has 1 amide bonds. The maximum Gasteiger partial charge on any atom is 0.302 e. The average molecular weight is 411 g/mol. The van der Waals surface area contributed by atoms with E-state index in [9.17, 15) is 15.2 Å². The lowest BCUT2D eigenvalue weighted by Crippen LogP contribution is -2.57. The van der Waals surface area contributed by atoms with Crippen molar-refractivity contribution in [1.29, 1.82) is 0 Å². The molecule has 1 heterocycles. The zero-order chi connectivity index (χ0) is 21.9. The second-order valence-electron chi connectivity index (χ2n) is 8.08. The number of quaternary nitrogens is 1. The first-order valence-electron chi connectivity index (χ1n) is 9.53. The number of aromatic nitrogens is 2. The Morgan fingerprint density at radius 2 is 1.87 bits per heavy atom. The van der Waals surface area contributed by atoms with Crippen LogP contribution in [0.4, 0.5) is 5.69 Å². The number of methoxy groups -OCH3 is 1. The molecular weight excluding hydrogens is 384 g/mol. The van der Waals surface area contributed by atoms with Crippen molar-refractivity contribution in [2.24, 2.45) is 0 Å². The van der Waals surface area contributed by atoms with Crippen LogP contribution in [-0.4, -0.2) is 33.2 Å². The molecule has 0 unspecified atom stereocenters. The molecule has 2 aromatic carbocycles. The third-order valence-corrected chi connectivity index (χ3v) is 4.76. The molecule has 0 saturated heterocycles. The van der Waals surface area contributed by atoms with E-state index in [1.165, 1.54) is 7.11 Å². The van der Waals surface area contributed by atoms with Crippen molar-refractivity contribution in [2.75, 3.05) is 7.11 Å². The summed E-state index contributed by atoms with van der Waals surface area (Å²) < 4.78 is 7.03. The van der Waals surface area contributed by atoms with Crippen LogP contribution < -0.4 is 15.1 Å². The molecule has 0 fully saturated rings. The van der Waals surface area contributed by atoms with Gasteiger partial charge < -0.3 is 4.74 Å². The summed E-state index contributed by atoms with van der Waals surface area (Å²) in [4.78, 5) is 10.8. The van der Waals surface area contributed by atoms with Crippen molar-refractivity contribution < 1.29 is 19.9 Å². The molecule has 3 N–H and O–H groups in total. The fourth-order valence-electron chi connectivity index (χ4n) is 3.01. The van der Waals surface area contributed by atoms with Gasteiger partial charge in [0.15, 0.2) is 5.75 Å². The molecule has 8 heteroatoms. The van der Waals surface area contributed by atoms with Crippen LogP contribution in [-0.2, 0) is 12.0 Å². The Labute approximate surface area is 175 Å². The molecule has 0 aliphatic rings. The van der Waals surface area contributed by atoms with Gasteiger partial charge in [0.2, 0.25) is 0 Å². The highest BCUT2D eigenvalue weighted by atomic mass is 16.9. The Hall–Kier alpha value is -3.20. The van der Waals surface area contributed by atoms with Crippen molar-refractivity contribution in [3.05, 3.63) is 77.6 Å². The Bertz CT molecular complexity index is 1010. The number of nitrogens with one attached hydrogen (secondary N) is 1. The summed E-state index contributed by atoms with van der Waals surface area (Å²) in [6.45, 7) is 6.59. The zero-order valence-electron chi connectivity index (χ0n) is 17.5. The summed E-state index contributed by atoms with van der Waals surface area (Å²) in [5, 5.41) is 25.4. The second-order valence-corrected chi connectivity index (χ2v) is 8.08. The molecule has 0 atom stereocenters. The highest BCUT2D eigenvalue weighted by Gasteiger charge is 2.36. The number of rotatable bonds is 6. The summed E-state index contributed by atoms with van der Waals surface area (Å²) in [7, 11) is 1.43. The summed E-state index contributed by atoms with van der Waals surface area (Å²) in [6.07, 6.45) is 3.55. The Morgan fingerprint density at radius 3 is 2.43 bits per heavy atom. The van der Waals surface area contributed by atoms with E-state index < -0.39 is 10.8 Å². The second kappa shape index (κ2) is 8.27. The largest absolute Gasteiger partial charge is 0.491 e. The fraction of sp³-hybridized carbons (Fsp3) is 0.273. The quantitative estimate of drug-likeness (QED) is 0.425. The van der Waals surface area contributed by atoms with Gasteiger partial charge >= 0.3 is 5.91 Å². The number of hydrogen-bond acceptors (Lipinski definition) is 5. The van der Waals surface area contributed by atoms with Crippen molar-refractivity contribution in [3.8, 4) is 5.75 Å². The summed E-state index contributed by atoms with van der Waals surface area (Å²) in [5.74, 6) is -0.406. The molecule has 8 nitrogen and oxygen atoms in total. The summed E-state index contributed by atoms with van der Waals surface area (Å²) >= 11 is 0. The molecule has 1 aromatic heterocycles. The lowest BCUT2D eigenvalue weighted by Gasteiger charge is -2.25. The average Bonchev–Trinajstić information content (AvgIpc) is 3.20. The molecule has 0 spiro atoms. The van der Waals surface area contributed by atoms with Crippen LogP contribution in [0.5, 0.6) is 5.75 Å². The van der Waals surface area contributed by atoms with Crippen LogP contribution in [0, 0.1) is 0 Å². The standard InChI is InChI=1S/C22H26N4O4/c1-22(2,3)18-10-11-20(30-4)19(14-18)26(28,29)24-21(27)17-8-6-16(7-9-17)15-25-13-5-12-23-25/h5-14,28-29H,15H2,1-4H3/p+1. The van der Waals surface area contributed by atoms with E-state index in [0.717, 1.165) is 11.1 Å². The third kappa shape index (κ3) is 4.85. The maximum absolute atomic E-state index is 12.6. The minimum atomic E-state index is -1.83. The number of ether oxygens (including phenoxy) is 1. The zero-order valence-corrected chi connectivity index (χ0v) is 17.5. The predicted octanol–water partition coefficient (Wildman–Crippen LogP) is 3.67. The normalized spacial score (nSPS) is 11.9. The molecule has 0 aliphatic heterocycles. The van der Waals surface area contributed by atoms with E-state index in [-0.39, 0.29) is 22.4 Å². The molecular formula is C22H27N4O4+. The Kier molecular flexibility index (Phi) is 5.93. The monoisotopic (exact) mass is 411 g/mol. The first kappa shape index (κ1) is 21.5. The minimum Gasteiger partial charge on any atom is -0.491 e. The van der Waals surface area contributed by atoms with E-state index in [4.69, 9.17) is 4.74 Å². The van der Waals surface area contributed by atoms with Crippen molar-refractivity contribution in [2.45, 2.75) is 32.7 Å². The number of benzene rings is 2. The van der Waals surface area contributed by atoms with Crippen molar-refractivity contribution in [3.63, 3.8) is 0 Å². The van der Waals surface area contributed by atoms with Gasteiger partial charge in [-0.15, -0.1) is 15.8 Å². The Morgan fingerprint density at radius 1 is 1.17 bits per heavy atom. The van der Waals surface area contributed by atoms with Gasteiger partial charge in [0, 0.05) is 24.0 Å². The molecule has 0 bridgehead atoms. The van der Waals surface area contributed by atoms with Crippen LogP contribution >= 0.6 is 0 Å². The van der Waals surface area contributed by atoms with Gasteiger partial charge in [0.1, 0.15) is 0 Å². The lowest BCUT2D eigenvalue weighted by atomic mass is 9.87. The van der Waals surface area contributed by atoms with Crippen LogP contribution in [0.3, 0.4) is 0 Å². The number of nitrogens with zero attached hydrogens (tertiary/aromatic N) is 3. The van der Waals surface area contributed by atoms with E-state index in [0.29, 0.717) is 6.54 Å². The smallest absolute Gasteiger partial charge is 0.302 e.